The van der Waals surface area contributed by atoms with E-state index in [1.54, 1.807) is 12.3 Å². The Morgan fingerprint density at radius 3 is 2.80 bits per heavy atom. The van der Waals surface area contributed by atoms with Crippen molar-refractivity contribution in [2.75, 3.05) is 13.1 Å². The Morgan fingerprint density at radius 2 is 2.04 bits per heavy atom. The van der Waals surface area contributed by atoms with Crippen LogP contribution in [0.1, 0.15) is 30.4 Å². The van der Waals surface area contributed by atoms with Gasteiger partial charge in [-0.15, -0.1) is 0 Å². The van der Waals surface area contributed by atoms with E-state index in [1.807, 2.05) is 12.1 Å². The van der Waals surface area contributed by atoms with Crippen LogP contribution in [0.15, 0.2) is 53.1 Å². The van der Waals surface area contributed by atoms with Crippen molar-refractivity contribution in [2.24, 2.45) is 5.92 Å². The molecule has 0 saturated carbocycles. The van der Waals surface area contributed by atoms with Gasteiger partial charge < -0.3 is 4.42 Å². The molecule has 3 aromatic rings. The molecule has 130 valence electrons. The molecule has 0 N–H and O–H groups in total. The minimum atomic E-state index is -0.322. The molecule has 0 bridgehead atoms. The highest BCUT2D eigenvalue weighted by molar-refractivity contribution is 6.31. The number of piperidine rings is 1. The number of halogens is 2. The molecule has 25 heavy (non-hydrogen) atoms. The van der Waals surface area contributed by atoms with Crippen molar-refractivity contribution in [1.82, 2.24) is 4.90 Å². The molecule has 1 aliphatic rings. The lowest BCUT2D eigenvalue weighted by molar-refractivity contribution is 0.154. The monoisotopic (exact) mass is 357 g/mol. The molecule has 1 saturated heterocycles. The first-order valence-corrected chi connectivity index (χ1v) is 9.12. The van der Waals surface area contributed by atoms with Crippen molar-refractivity contribution in [2.45, 2.75) is 25.8 Å². The average Bonchev–Trinajstić information content (AvgIpc) is 3.06. The lowest BCUT2D eigenvalue weighted by Gasteiger charge is -2.37. The molecule has 2 atom stereocenters. The van der Waals surface area contributed by atoms with Crippen molar-refractivity contribution in [1.29, 1.82) is 0 Å². The molecule has 0 aliphatic carbocycles. The molecule has 0 spiro atoms. The highest BCUT2D eigenvalue weighted by Gasteiger charge is 2.32. The maximum Gasteiger partial charge on any atom is 0.149 e. The predicted molar refractivity (Wildman–Crippen MR) is 99.4 cm³/mol. The fraction of sp³-hybridized carbons (Fsp3) is 0.333. The third-order valence-corrected chi connectivity index (χ3v) is 5.55. The van der Waals surface area contributed by atoms with Crippen LogP contribution >= 0.6 is 11.6 Å². The molecule has 2 aromatic carbocycles. The van der Waals surface area contributed by atoms with Crippen LogP contribution in [0.25, 0.3) is 11.0 Å². The summed E-state index contributed by atoms with van der Waals surface area (Å²) in [6, 6.07) is 14.0. The van der Waals surface area contributed by atoms with E-state index in [4.69, 9.17) is 16.0 Å². The first-order chi connectivity index (χ1) is 12.1. The smallest absolute Gasteiger partial charge is 0.149 e. The third kappa shape index (κ3) is 3.19. The van der Waals surface area contributed by atoms with Crippen LogP contribution in [0, 0.1) is 11.7 Å². The molecule has 1 aromatic heterocycles. The summed E-state index contributed by atoms with van der Waals surface area (Å²) in [6.07, 6.45) is 2.51. The molecule has 1 aliphatic heterocycles. The number of benzene rings is 2. The van der Waals surface area contributed by atoms with Crippen molar-refractivity contribution >= 4 is 22.6 Å². The second kappa shape index (κ2) is 6.81. The lowest BCUT2D eigenvalue weighted by Crippen LogP contribution is -2.38. The van der Waals surface area contributed by atoms with Gasteiger partial charge in [-0.2, -0.15) is 0 Å². The number of likely N-dealkylation sites (tertiary alicyclic amines) is 1. The maximum absolute atomic E-state index is 14.8. The first kappa shape index (κ1) is 16.6. The van der Waals surface area contributed by atoms with Crippen molar-refractivity contribution in [3.63, 3.8) is 0 Å². The number of fused-ring (bicyclic) bond motifs is 1. The zero-order chi connectivity index (χ0) is 17.4. The zero-order valence-electron chi connectivity index (χ0n) is 14.2. The van der Waals surface area contributed by atoms with E-state index in [-0.39, 0.29) is 16.8 Å². The second-order valence-corrected chi connectivity index (χ2v) is 7.43. The maximum atomic E-state index is 14.8. The molecule has 2 nitrogen and oxygen atoms in total. The molecule has 0 unspecified atom stereocenters. The van der Waals surface area contributed by atoms with Gasteiger partial charge in [0.05, 0.1) is 11.3 Å². The quantitative estimate of drug-likeness (QED) is 0.584. The minimum Gasteiger partial charge on any atom is -0.464 e. The lowest BCUT2D eigenvalue weighted by atomic mass is 9.80. The number of furan rings is 1. The van der Waals surface area contributed by atoms with Gasteiger partial charge in [-0.05, 0) is 42.5 Å². The van der Waals surface area contributed by atoms with E-state index in [0.717, 1.165) is 31.4 Å². The van der Waals surface area contributed by atoms with Gasteiger partial charge in [-0.1, -0.05) is 48.9 Å². The molecule has 0 amide bonds. The summed E-state index contributed by atoms with van der Waals surface area (Å²) in [5.41, 5.74) is 2.62. The first-order valence-electron chi connectivity index (χ1n) is 8.75. The van der Waals surface area contributed by atoms with Crippen molar-refractivity contribution in [3.05, 3.63) is 70.7 Å². The normalized spacial score (nSPS) is 21.7. The number of nitrogens with zero attached hydrogens (tertiary/aromatic N) is 1. The van der Waals surface area contributed by atoms with Gasteiger partial charge in [0.25, 0.3) is 0 Å². The number of hydrogen-bond acceptors (Lipinski definition) is 2. The van der Waals surface area contributed by atoms with Crippen LogP contribution in [0.4, 0.5) is 4.39 Å². The standard InChI is InChI=1S/C21H21ClFNO/c1-14-12-24(13-15-5-3-2-4-6-15)9-7-17(14)19-20(23)18(22)11-16-8-10-25-21(16)19/h2-6,8,10-11,14,17H,7,9,12-13H2,1H3/t14-,17+/m0/s1. The Balaban J connectivity index is 1.58. The van der Waals surface area contributed by atoms with Crippen LogP contribution in [-0.4, -0.2) is 18.0 Å². The van der Waals surface area contributed by atoms with Crippen LogP contribution in [-0.2, 0) is 6.54 Å². The van der Waals surface area contributed by atoms with Crippen LogP contribution < -0.4 is 0 Å². The van der Waals surface area contributed by atoms with E-state index in [1.165, 1.54) is 5.56 Å². The largest absolute Gasteiger partial charge is 0.464 e. The molecular formula is C21H21ClFNO. The number of hydrogen-bond donors (Lipinski definition) is 0. The van der Waals surface area contributed by atoms with Crippen molar-refractivity contribution in [3.8, 4) is 0 Å². The van der Waals surface area contributed by atoms with E-state index >= 15 is 0 Å². The molecular weight excluding hydrogens is 337 g/mol. The van der Waals surface area contributed by atoms with Gasteiger partial charge in [0.15, 0.2) is 0 Å². The van der Waals surface area contributed by atoms with Gasteiger partial charge in [-0.25, -0.2) is 4.39 Å². The topological polar surface area (TPSA) is 16.4 Å². The van der Waals surface area contributed by atoms with E-state index in [2.05, 4.69) is 36.1 Å². The summed E-state index contributed by atoms with van der Waals surface area (Å²) in [6.45, 7) is 5.01. The highest BCUT2D eigenvalue weighted by atomic mass is 35.5. The predicted octanol–water partition coefficient (Wildman–Crippen LogP) is 5.85. The summed E-state index contributed by atoms with van der Waals surface area (Å²) in [4.78, 5) is 2.44. The Hall–Kier alpha value is -1.84. The molecule has 4 rings (SSSR count). The fourth-order valence-corrected chi connectivity index (χ4v) is 4.28. The Morgan fingerprint density at radius 1 is 1.24 bits per heavy atom. The Kier molecular flexibility index (Phi) is 4.53. The van der Waals surface area contributed by atoms with E-state index in [9.17, 15) is 4.39 Å². The Bertz CT molecular complexity index is 876. The third-order valence-electron chi connectivity index (χ3n) is 5.28. The summed E-state index contributed by atoms with van der Waals surface area (Å²) in [5, 5.41) is 1.06. The fourth-order valence-electron chi connectivity index (χ4n) is 4.06. The minimum absolute atomic E-state index is 0.124. The van der Waals surface area contributed by atoms with E-state index in [0.29, 0.717) is 17.1 Å². The molecule has 1 fully saturated rings. The Labute approximate surface area is 152 Å². The van der Waals surface area contributed by atoms with Crippen LogP contribution in [0.5, 0.6) is 0 Å². The van der Waals surface area contributed by atoms with Gasteiger partial charge in [0.1, 0.15) is 11.4 Å². The van der Waals surface area contributed by atoms with Crippen LogP contribution in [0.2, 0.25) is 5.02 Å². The summed E-state index contributed by atoms with van der Waals surface area (Å²) in [7, 11) is 0. The van der Waals surface area contributed by atoms with Gasteiger partial charge >= 0.3 is 0 Å². The second-order valence-electron chi connectivity index (χ2n) is 7.02. The van der Waals surface area contributed by atoms with Gasteiger partial charge in [0.2, 0.25) is 0 Å². The van der Waals surface area contributed by atoms with Gasteiger partial charge in [-0.3, -0.25) is 4.90 Å². The highest BCUT2D eigenvalue weighted by Crippen LogP contribution is 2.41. The zero-order valence-corrected chi connectivity index (χ0v) is 15.0. The molecule has 0 radical (unpaired) electrons. The van der Waals surface area contributed by atoms with Crippen LogP contribution in [0.3, 0.4) is 0 Å². The number of rotatable bonds is 3. The summed E-state index contributed by atoms with van der Waals surface area (Å²) in [5.74, 6) is 0.135. The molecule has 2 heterocycles. The van der Waals surface area contributed by atoms with E-state index < -0.39 is 0 Å². The van der Waals surface area contributed by atoms with Gasteiger partial charge in [0, 0.05) is 24.0 Å². The average molecular weight is 358 g/mol. The summed E-state index contributed by atoms with van der Waals surface area (Å²) < 4.78 is 20.4. The SMILES string of the molecule is C[C@H]1CN(Cc2ccccc2)CC[C@H]1c1c(F)c(Cl)cc2ccoc12. The van der Waals surface area contributed by atoms with Crippen molar-refractivity contribution < 1.29 is 8.81 Å². The molecule has 4 heteroatoms. The summed E-state index contributed by atoms with van der Waals surface area (Å²) >= 11 is 6.13.